The molecule has 1 heterocycles. The van der Waals surface area contributed by atoms with Crippen LogP contribution in [0.25, 0.3) is 0 Å². The predicted molar refractivity (Wildman–Crippen MR) is 87.1 cm³/mol. The van der Waals surface area contributed by atoms with Gasteiger partial charge in [0.15, 0.2) is 0 Å². The van der Waals surface area contributed by atoms with E-state index in [9.17, 15) is 18.3 Å². The molecule has 0 aromatic heterocycles. The van der Waals surface area contributed by atoms with Crippen molar-refractivity contribution >= 4 is 16.2 Å². The van der Waals surface area contributed by atoms with Gasteiger partial charge in [-0.15, -0.1) is 0 Å². The molecule has 0 spiro atoms. The van der Waals surface area contributed by atoms with Gasteiger partial charge in [0.2, 0.25) is 0 Å². The average Bonchev–Trinajstić information content (AvgIpc) is 3.29. The summed E-state index contributed by atoms with van der Waals surface area (Å²) in [6.45, 7) is 2.88. The summed E-state index contributed by atoms with van der Waals surface area (Å²) in [7, 11) is -1.75. The summed E-state index contributed by atoms with van der Waals surface area (Å²) in [5.41, 5.74) is -0.580. The van der Waals surface area contributed by atoms with Gasteiger partial charge in [-0.1, -0.05) is 6.42 Å². The van der Waals surface area contributed by atoms with Gasteiger partial charge < -0.3 is 5.11 Å². The molecular weight excluding hydrogens is 316 g/mol. The molecule has 2 saturated carbocycles. The molecule has 3 rings (SSSR count). The largest absolute Gasteiger partial charge is 0.481 e. The van der Waals surface area contributed by atoms with Crippen LogP contribution in [0, 0.1) is 17.3 Å². The molecule has 0 amide bonds. The van der Waals surface area contributed by atoms with E-state index < -0.39 is 21.6 Å². The van der Waals surface area contributed by atoms with Crippen LogP contribution < -0.4 is 0 Å². The first-order valence-electron chi connectivity index (χ1n) is 8.75. The van der Waals surface area contributed by atoms with E-state index in [1.165, 1.54) is 4.31 Å². The minimum Gasteiger partial charge on any atom is -0.481 e. The molecule has 1 aliphatic heterocycles. The second-order valence-electron chi connectivity index (χ2n) is 7.59. The van der Waals surface area contributed by atoms with Crippen LogP contribution >= 0.6 is 0 Å². The Bertz CT molecular complexity index is 561. The van der Waals surface area contributed by atoms with E-state index in [-0.39, 0.29) is 12.0 Å². The van der Waals surface area contributed by atoms with E-state index in [0.29, 0.717) is 31.8 Å². The van der Waals surface area contributed by atoms with Gasteiger partial charge >= 0.3 is 5.97 Å². The van der Waals surface area contributed by atoms with Crippen molar-refractivity contribution in [2.75, 3.05) is 20.1 Å². The van der Waals surface area contributed by atoms with Gasteiger partial charge in [0.1, 0.15) is 0 Å². The van der Waals surface area contributed by atoms with Crippen molar-refractivity contribution in [1.82, 2.24) is 8.61 Å². The van der Waals surface area contributed by atoms with E-state index in [2.05, 4.69) is 0 Å². The first-order valence-corrected chi connectivity index (χ1v) is 10.2. The van der Waals surface area contributed by atoms with Crippen LogP contribution in [0.15, 0.2) is 0 Å². The molecule has 1 N–H and O–H groups in total. The highest BCUT2D eigenvalue weighted by Gasteiger charge is 2.51. The topological polar surface area (TPSA) is 77.9 Å². The summed E-state index contributed by atoms with van der Waals surface area (Å²) in [4.78, 5) is 11.6. The number of carbonyl (C=O) groups is 1. The molecule has 1 atom stereocenters. The average molecular weight is 344 g/mol. The van der Waals surface area contributed by atoms with Crippen molar-refractivity contribution in [3.63, 3.8) is 0 Å². The Morgan fingerprint density at radius 2 is 1.78 bits per heavy atom. The molecule has 0 bridgehead atoms. The van der Waals surface area contributed by atoms with Crippen molar-refractivity contribution in [1.29, 1.82) is 0 Å². The van der Waals surface area contributed by atoms with E-state index in [1.54, 1.807) is 11.4 Å². The third-order valence-electron chi connectivity index (χ3n) is 6.48. The summed E-state index contributed by atoms with van der Waals surface area (Å²) in [5.74, 6) is -0.0755. The van der Waals surface area contributed by atoms with E-state index >= 15 is 0 Å². The molecular formula is C16H28N2O4S. The van der Waals surface area contributed by atoms with Crippen LogP contribution in [-0.4, -0.2) is 54.3 Å². The molecule has 1 saturated heterocycles. The lowest BCUT2D eigenvalue weighted by Gasteiger charge is -2.47. The molecule has 0 aromatic rings. The molecule has 3 fully saturated rings. The fourth-order valence-corrected chi connectivity index (χ4v) is 5.89. The maximum Gasteiger partial charge on any atom is 0.309 e. The molecule has 7 heteroatoms. The van der Waals surface area contributed by atoms with Crippen molar-refractivity contribution in [2.24, 2.45) is 17.3 Å². The quantitative estimate of drug-likeness (QED) is 0.798. The van der Waals surface area contributed by atoms with Gasteiger partial charge in [-0.3, -0.25) is 4.79 Å². The lowest BCUT2D eigenvalue weighted by molar-refractivity contribution is -0.161. The standard InChI is InChI=1S/C16H28N2O4S/c1-12(13-4-5-13)17(2)23(21,22)18-10-6-14(7-11-18)16(15(19)20)8-3-9-16/h12-14H,3-11H2,1-2H3,(H,19,20). The van der Waals surface area contributed by atoms with Crippen molar-refractivity contribution in [2.45, 2.75) is 57.9 Å². The Morgan fingerprint density at radius 3 is 2.17 bits per heavy atom. The summed E-state index contributed by atoms with van der Waals surface area (Å²) in [5, 5.41) is 9.55. The molecule has 23 heavy (non-hydrogen) atoms. The highest BCUT2D eigenvalue weighted by Crippen LogP contribution is 2.51. The first kappa shape index (κ1) is 17.2. The van der Waals surface area contributed by atoms with Crippen LogP contribution in [-0.2, 0) is 15.0 Å². The number of hydrogen-bond donors (Lipinski definition) is 1. The second kappa shape index (κ2) is 6.01. The molecule has 1 unspecified atom stereocenters. The highest BCUT2D eigenvalue weighted by atomic mass is 32.2. The number of carboxylic acid groups (broad SMARTS) is 1. The fraction of sp³-hybridized carbons (Fsp3) is 0.938. The highest BCUT2D eigenvalue weighted by molar-refractivity contribution is 7.86. The van der Waals surface area contributed by atoms with Gasteiger partial charge in [-0.05, 0) is 57.3 Å². The minimum atomic E-state index is -3.42. The summed E-state index contributed by atoms with van der Waals surface area (Å²) >= 11 is 0. The zero-order valence-corrected chi connectivity index (χ0v) is 14.9. The maximum atomic E-state index is 12.8. The second-order valence-corrected chi connectivity index (χ2v) is 9.58. The lowest BCUT2D eigenvalue weighted by atomic mass is 9.59. The Kier molecular flexibility index (Phi) is 4.48. The molecule has 2 aliphatic carbocycles. The van der Waals surface area contributed by atoms with Crippen molar-refractivity contribution in [3.8, 4) is 0 Å². The van der Waals surface area contributed by atoms with E-state index in [0.717, 1.165) is 32.1 Å². The Hall–Kier alpha value is -0.660. The monoisotopic (exact) mass is 344 g/mol. The normalized spacial score (nSPS) is 27.6. The Balaban J connectivity index is 1.63. The summed E-state index contributed by atoms with van der Waals surface area (Å²) in [6.07, 6.45) is 6.03. The lowest BCUT2D eigenvalue weighted by Crippen LogP contribution is -2.53. The zero-order chi connectivity index (χ0) is 16.8. The van der Waals surface area contributed by atoms with Crippen LogP contribution in [0.4, 0.5) is 0 Å². The van der Waals surface area contributed by atoms with Crippen molar-refractivity contribution in [3.05, 3.63) is 0 Å². The smallest absolute Gasteiger partial charge is 0.309 e. The van der Waals surface area contributed by atoms with Gasteiger partial charge in [-0.2, -0.15) is 17.0 Å². The van der Waals surface area contributed by atoms with Gasteiger partial charge in [0, 0.05) is 26.2 Å². The number of aliphatic carboxylic acids is 1. The third kappa shape index (κ3) is 2.91. The maximum absolute atomic E-state index is 12.8. The van der Waals surface area contributed by atoms with Crippen LogP contribution in [0.2, 0.25) is 0 Å². The van der Waals surface area contributed by atoms with Crippen LogP contribution in [0.3, 0.4) is 0 Å². The molecule has 0 aromatic carbocycles. The predicted octanol–water partition coefficient (Wildman–Crippen LogP) is 1.93. The Labute approximate surface area is 139 Å². The number of piperidine rings is 1. The first-order chi connectivity index (χ1) is 10.8. The summed E-state index contributed by atoms with van der Waals surface area (Å²) in [6, 6.07) is 0.0507. The third-order valence-corrected chi connectivity index (χ3v) is 8.55. The molecule has 6 nitrogen and oxygen atoms in total. The van der Waals surface area contributed by atoms with E-state index in [1.807, 2.05) is 6.92 Å². The van der Waals surface area contributed by atoms with Crippen molar-refractivity contribution < 1.29 is 18.3 Å². The number of rotatable bonds is 6. The summed E-state index contributed by atoms with van der Waals surface area (Å²) < 4.78 is 28.6. The van der Waals surface area contributed by atoms with Crippen LogP contribution in [0.1, 0.15) is 51.9 Å². The number of nitrogens with zero attached hydrogens (tertiary/aromatic N) is 2. The zero-order valence-electron chi connectivity index (χ0n) is 14.1. The molecule has 132 valence electrons. The SMILES string of the molecule is CC(C1CC1)N(C)S(=O)(=O)N1CCC(C2(C(=O)O)CCC2)CC1. The number of carboxylic acids is 1. The molecule has 3 aliphatic rings. The van der Waals surface area contributed by atoms with Gasteiger partial charge in [-0.25, -0.2) is 0 Å². The van der Waals surface area contributed by atoms with Crippen LogP contribution in [0.5, 0.6) is 0 Å². The van der Waals surface area contributed by atoms with E-state index in [4.69, 9.17) is 0 Å². The Morgan fingerprint density at radius 1 is 1.22 bits per heavy atom. The minimum absolute atomic E-state index is 0.0507. The molecule has 0 radical (unpaired) electrons. The van der Waals surface area contributed by atoms with Gasteiger partial charge in [0.05, 0.1) is 5.41 Å². The fourth-order valence-electron chi connectivity index (χ4n) is 4.26. The van der Waals surface area contributed by atoms with Gasteiger partial charge in [0.25, 0.3) is 10.2 Å². The number of hydrogen-bond acceptors (Lipinski definition) is 3.